The van der Waals surface area contributed by atoms with Crippen LogP contribution in [-0.4, -0.2) is 15.5 Å². The Bertz CT molecular complexity index is 891. The van der Waals surface area contributed by atoms with Crippen molar-refractivity contribution in [2.75, 3.05) is 0 Å². The molecule has 0 bridgehead atoms. The number of carbonyl (C=O) groups excluding carboxylic acids is 1. The summed E-state index contributed by atoms with van der Waals surface area (Å²) < 4.78 is 28.9. The second-order valence-electron chi connectivity index (χ2n) is 5.71. The van der Waals surface area contributed by atoms with Crippen molar-refractivity contribution < 1.29 is 13.6 Å². The standard InChI is InChI=1S/C18H17F2N3O/c1-11(14-9-13(19)7-8-15(14)20)22-18(24)12(2)23-10-21-16-5-3-4-6-17(16)23/h3-12H,1-2H3,(H,22,24). The summed E-state index contributed by atoms with van der Waals surface area (Å²) in [5.74, 6) is -1.39. The molecule has 1 heterocycles. The van der Waals surface area contributed by atoms with Crippen molar-refractivity contribution >= 4 is 16.9 Å². The number of nitrogens with zero attached hydrogens (tertiary/aromatic N) is 2. The highest BCUT2D eigenvalue weighted by molar-refractivity contribution is 5.83. The third kappa shape index (κ3) is 2.99. The maximum absolute atomic E-state index is 13.8. The fourth-order valence-electron chi connectivity index (χ4n) is 2.67. The van der Waals surface area contributed by atoms with E-state index in [4.69, 9.17) is 0 Å². The summed E-state index contributed by atoms with van der Waals surface area (Å²) in [6, 6.07) is 9.51. The van der Waals surface area contributed by atoms with E-state index in [-0.39, 0.29) is 11.5 Å². The van der Waals surface area contributed by atoms with Crippen molar-refractivity contribution in [3.8, 4) is 0 Å². The van der Waals surface area contributed by atoms with Crippen LogP contribution in [0.5, 0.6) is 0 Å². The Morgan fingerprint density at radius 1 is 1.17 bits per heavy atom. The van der Waals surface area contributed by atoms with Gasteiger partial charge in [0.25, 0.3) is 0 Å². The summed E-state index contributed by atoms with van der Waals surface area (Å²) in [6.45, 7) is 3.35. The van der Waals surface area contributed by atoms with Crippen LogP contribution in [0.3, 0.4) is 0 Å². The lowest BCUT2D eigenvalue weighted by molar-refractivity contribution is -0.124. The maximum atomic E-state index is 13.8. The molecule has 0 aliphatic carbocycles. The molecule has 0 aliphatic rings. The first-order chi connectivity index (χ1) is 11.5. The zero-order valence-electron chi connectivity index (χ0n) is 13.3. The fraction of sp³-hybridized carbons (Fsp3) is 0.222. The van der Waals surface area contributed by atoms with Crippen LogP contribution in [0.15, 0.2) is 48.8 Å². The van der Waals surface area contributed by atoms with Gasteiger partial charge in [0.05, 0.1) is 23.4 Å². The molecule has 124 valence electrons. The van der Waals surface area contributed by atoms with Gasteiger partial charge in [0, 0.05) is 5.56 Å². The molecule has 4 nitrogen and oxygen atoms in total. The average Bonchev–Trinajstić information content (AvgIpc) is 3.00. The molecule has 1 aromatic heterocycles. The molecule has 0 spiro atoms. The van der Waals surface area contributed by atoms with Gasteiger partial charge in [0.15, 0.2) is 0 Å². The zero-order valence-corrected chi connectivity index (χ0v) is 13.3. The van der Waals surface area contributed by atoms with Crippen LogP contribution < -0.4 is 5.32 Å². The van der Waals surface area contributed by atoms with Crippen LogP contribution >= 0.6 is 0 Å². The van der Waals surface area contributed by atoms with Crippen molar-refractivity contribution in [2.45, 2.75) is 25.9 Å². The molecule has 6 heteroatoms. The monoisotopic (exact) mass is 329 g/mol. The molecular weight excluding hydrogens is 312 g/mol. The topological polar surface area (TPSA) is 46.9 Å². The number of carbonyl (C=O) groups is 1. The van der Waals surface area contributed by atoms with Gasteiger partial charge in [-0.2, -0.15) is 0 Å². The van der Waals surface area contributed by atoms with E-state index in [1.807, 2.05) is 24.3 Å². The number of fused-ring (bicyclic) bond motifs is 1. The number of aromatic nitrogens is 2. The zero-order chi connectivity index (χ0) is 17.3. The number of nitrogens with one attached hydrogen (secondary N) is 1. The first-order valence-electron chi connectivity index (χ1n) is 7.64. The predicted octanol–water partition coefficient (Wildman–Crippen LogP) is 3.75. The van der Waals surface area contributed by atoms with Crippen LogP contribution in [0.1, 0.15) is 31.5 Å². The second kappa shape index (κ2) is 6.39. The summed E-state index contributed by atoms with van der Waals surface area (Å²) in [7, 11) is 0. The molecule has 3 rings (SSSR count). The Kier molecular flexibility index (Phi) is 4.29. The minimum atomic E-state index is -0.648. The van der Waals surface area contributed by atoms with Gasteiger partial charge in [-0.15, -0.1) is 0 Å². The highest BCUT2D eigenvalue weighted by Crippen LogP contribution is 2.21. The van der Waals surface area contributed by atoms with Gasteiger partial charge in [-0.3, -0.25) is 4.79 Å². The van der Waals surface area contributed by atoms with Gasteiger partial charge in [-0.1, -0.05) is 12.1 Å². The summed E-state index contributed by atoms with van der Waals surface area (Å²) in [4.78, 5) is 16.7. The van der Waals surface area contributed by atoms with E-state index in [1.54, 1.807) is 24.7 Å². The third-order valence-electron chi connectivity index (χ3n) is 4.06. The smallest absolute Gasteiger partial charge is 0.243 e. The molecule has 0 saturated heterocycles. The molecule has 0 aliphatic heterocycles. The van der Waals surface area contributed by atoms with E-state index in [1.165, 1.54) is 0 Å². The number of para-hydroxylation sites is 2. The number of hydrogen-bond acceptors (Lipinski definition) is 2. The van der Waals surface area contributed by atoms with Crippen LogP contribution in [0.4, 0.5) is 8.78 Å². The summed E-state index contributed by atoms with van der Waals surface area (Å²) in [5, 5.41) is 2.72. The largest absolute Gasteiger partial charge is 0.348 e. The van der Waals surface area contributed by atoms with E-state index in [0.717, 1.165) is 29.2 Å². The van der Waals surface area contributed by atoms with Crippen LogP contribution in [-0.2, 0) is 4.79 Å². The normalized spacial score (nSPS) is 13.7. The Balaban J connectivity index is 1.80. The highest BCUT2D eigenvalue weighted by atomic mass is 19.1. The van der Waals surface area contributed by atoms with Crippen molar-refractivity contribution in [2.24, 2.45) is 0 Å². The van der Waals surface area contributed by atoms with Gasteiger partial charge in [0.2, 0.25) is 5.91 Å². The minimum Gasteiger partial charge on any atom is -0.348 e. The lowest BCUT2D eigenvalue weighted by Crippen LogP contribution is -2.33. The Labute approximate surface area is 138 Å². The molecule has 2 aromatic carbocycles. The molecule has 2 atom stereocenters. The van der Waals surface area contributed by atoms with Crippen LogP contribution in [0, 0.1) is 11.6 Å². The molecule has 2 unspecified atom stereocenters. The number of halogens is 2. The minimum absolute atomic E-state index is 0.117. The van der Waals surface area contributed by atoms with Gasteiger partial charge >= 0.3 is 0 Å². The molecule has 1 N–H and O–H groups in total. The second-order valence-corrected chi connectivity index (χ2v) is 5.71. The van der Waals surface area contributed by atoms with Crippen molar-refractivity contribution in [1.82, 2.24) is 14.9 Å². The molecule has 3 aromatic rings. The van der Waals surface area contributed by atoms with Gasteiger partial charge in [-0.25, -0.2) is 13.8 Å². The molecule has 1 amide bonds. The van der Waals surface area contributed by atoms with Gasteiger partial charge in [-0.05, 0) is 44.2 Å². The summed E-state index contributed by atoms with van der Waals surface area (Å²) >= 11 is 0. The average molecular weight is 329 g/mol. The van der Waals surface area contributed by atoms with Gasteiger partial charge in [0.1, 0.15) is 17.7 Å². The van der Waals surface area contributed by atoms with E-state index < -0.39 is 23.7 Å². The number of hydrogen-bond donors (Lipinski definition) is 1. The lowest BCUT2D eigenvalue weighted by atomic mass is 10.1. The van der Waals surface area contributed by atoms with E-state index in [2.05, 4.69) is 10.3 Å². The molecule has 0 radical (unpaired) electrons. The number of benzene rings is 2. The number of amides is 1. The van der Waals surface area contributed by atoms with Crippen molar-refractivity contribution in [3.63, 3.8) is 0 Å². The fourth-order valence-corrected chi connectivity index (χ4v) is 2.67. The SMILES string of the molecule is CC(NC(=O)C(C)n1cnc2ccccc21)c1cc(F)ccc1F. The molecular formula is C18H17F2N3O. The van der Waals surface area contributed by atoms with Crippen molar-refractivity contribution in [3.05, 3.63) is 66.0 Å². The van der Waals surface area contributed by atoms with Crippen LogP contribution in [0.2, 0.25) is 0 Å². The molecule has 24 heavy (non-hydrogen) atoms. The highest BCUT2D eigenvalue weighted by Gasteiger charge is 2.21. The van der Waals surface area contributed by atoms with E-state index in [0.29, 0.717) is 0 Å². The molecule has 0 saturated carbocycles. The van der Waals surface area contributed by atoms with E-state index in [9.17, 15) is 13.6 Å². The van der Waals surface area contributed by atoms with Crippen molar-refractivity contribution in [1.29, 1.82) is 0 Å². The Morgan fingerprint density at radius 3 is 2.71 bits per heavy atom. The van der Waals surface area contributed by atoms with E-state index >= 15 is 0 Å². The van der Waals surface area contributed by atoms with Gasteiger partial charge < -0.3 is 9.88 Å². The summed E-state index contributed by atoms with van der Waals surface area (Å²) in [6.07, 6.45) is 1.60. The lowest BCUT2D eigenvalue weighted by Gasteiger charge is -2.19. The number of rotatable bonds is 4. The van der Waals surface area contributed by atoms with Crippen LogP contribution in [0.25, 0.3) is 11.0 Å². The number of imidazole rings is 1. The first-order valence-corrected chi connectivity index (χ1v) is 7.64. The Hall–Kier alpha value is -2.76. The predicted molar refractivity (Wildman–Crippen MR) is 87.4 cm³/mol. The summed E-state index contributed by atoms with van der Waals surface area (Å²) in [5.41, 5.74) is 1.75. The maximum Gasteiger partial charge on any atom is 0.243 e. The quantitative estimate of drug-likeness (QED) is 0.792. The first kappa shape index (κ1) is 16.1. The molecule has 0 fully saturated rings. The Morgan fingerprint density at radius 2 is 1.92 bits per heavy atom. The third-order valence-corrected chi connectivity index (χ3v) is 4.06.